The van der Waals surface area contributed by atoms with Gasteiger partial charge in [0.25, 0.3) is 0 Å². The first-order valence-corrected chi connectivity index (χ1v) is 7.03. The first kappa shape index (κ1) is 12.6. The van der Waals surface area contributed by atoms with Gasteiger partial charge in [-0.1, -0.05) is 39.0 Å². The summed E-state index contributed by atoms with van der Waals surface area (Å²) in [6, 6.07) is 4.82. The van der Waals surface area contributed by atoms with E-state index in [4.69, 9.17) is 0 Å². The lowest BCUT2D eigenvalue weighted by Gasteiger charge is -2.27. The quantitative estimate of drug-likeness (QED) is 0.837. The van der Waals surface area contributed by atoms with Gasteiger partial charge < -0.3 is 5.32 Å². The van der Waals surface area contributed by atoms with E-state index in [2.05, 4.69) is 29.4 Å². The molecular formula is C15H24N2. The van der Waals surface area contributed by atoms with Gasteiger partial charge in [-0.15, -0.1) is 0 Å². The summed E-state index contributed by atoms with van der Waals surface area (Å²) >= 11 is 0. The van der Waals surface area contributed by atoms with E-state index in [1.54, 1.807) is 0 Å². The lowest BCUT2D eigenvalue weighted by Crippen LogP contribution is -2.24. The van der Waals surface area contributed by atoms with Crippen LogP contribution in [-0.4, -0.2) is 11.5 Å². The van der Waals surface area contributed by atoms with Crippen molar-refractivity contribution in [2.45, 2.75) is 51.5 Å². The maximum Gasteiger partial charge on any atom is 0.0323 e. The minimum atomic E-state index is 0.520. The molecule has 1 atom stereocenters. The maximum absolute atomic E-state index is 4.11. The zero-order valence-electron chi connectivity index (χ0n) is 10.9. The molecule has 1 saturated carbocycles. The predicted molar refractivity (Wildman–Crippen MR) is 71.8 cm³/mol. The Morgan fingerprint density at radius 1 is 1.24 bits per heavy atom. The number of rotatable bonds is 5. The molecule has 2 heteroatoms. The average Bonchev–Trinajstić information content (AvgIpc) is 2.40. The number of pyridine rings is 1. The third-order valence-corrected chi connectivity index (χ3v) is 3.85. The van der Waals surface area contributed by atoms with E-state index in [1.807, 2.05) is 12.4 Å². The van der Waals surface area contributed by atoms with Crippen molar-refractivity contribution in [3.8, 4) is 0 Å². The Balaban J connectivity index is 1.96. The van der Waals surface area contributed by atoms with Gasteiger partial charge in [0.1, 0.15) is 0 Å². The zero-order valence-corrected chi connectivity index (χ0v) is 10.9. The Hall–Kier alpha value is -0.890. The molecule has 2 nitrogen and oxygen atoms in total. The predicted octanol–water partition coefficient (Wildman–Crippen LogP) is 3.70. The van der Waals surface area contributed by atoms with Crippen molar-refractivity contribution in [2.75, 3.05) is 6.54 Å². The highest BCUT2D eigenvalue weighted by atomic mass is 14.9. The summed E-state index contributed by atoms with van der Waals surface area (Å²) in [5.41, 5.74) is 1.40. The van der Waals surface area contributed by atoms with Gasteiger partial charge in [0.15, 0.2) is 0 Å². The monoisotopic (exact) mass is 232 g/mol. The van der Waals surface area contributed by atoms with E-state index in [0.717, 1.165) is 12.5 Å². The summed E-state index contributed by atoms with van der Waals surface area (Å²) in [6.07, 6.45) is 12.2. The molecule has 94 valence electrons. The van der Waals surface area contributed by atoms with Gasteiger partial charge in [0.2, 0.25) is 0 Å². The lowest BCUT2D eigenvalue weighted by atomic mass is 9.83. The lowest BCUT2D eigenvalue weighted by molar-refractivity contribution is 0.301. The average molecular weight is 232 g/mol. The number of nitrogens with one attached hydrogen (secondary N) is 1. The van der Waals surface area contributed by atoms with Crippen LogP contribution in [0.3, 0.4) is 0 Å². The Bertz CT molecular complexity index is 304. The number of hydrogen-bond acceptors (Lipinski definition) is 2. The molecule has 1 N–H and O–H groups in total. The molecule has 1 aliphatic carbocycles. The molecule has 1 aliphatic rings. The standard InChI is InChI=1S/C15H24N2/c1-2-17-15(14-8-10-16-11-9-14)12-13-6-4-3-5-7-13/h8-11,13,15,17H,2-7,12H2,1H3. The van der Waals surface area contributed by atoms with Gasteiger partial charge in [-0.3, -0.25) is 4.98 Å². The van der Waals surface area contributed by atoms with Gasteiger partial charge in [-0.05, 0) is 36.6 Å². The van der Waals surface area contributed by atoms with Crippen molar-refractivity contribution in [3.63, 3.8) is 0 Å². The summed E-state index contributed by atoms with van der Waals surface area (Å²) < 4.78 is 0. The molecule has 17 heavy (non-hydrogen) atoms. The van der Waals surface area contributed by atoms with Crippen LogP contribution in [0.2, 0.25) is 0 Å². The van der Waals surface area contributed by atoms with Crippen molar-refractivity contribution < 1.29 is 0 Å². The van der Waals surface area contributed by atoms with E-state index in [-0.39, 0.29) is 0 Å². The smallest absolute Gasteiger partial charge is 0.0323 e. The minimum absolute atomic E-state index is 0.520. The highest BCUT2D eigenvalue weighted by Gasteiger charge is 2.19. The second-order valence-electron chi connectivity index (χ2n) is 5.13. The van der Waals surface area contributed by atoms with Gasteiger partial charge in [-0.25, -0.2) is 0 Å². The van der Waals surface area contributed by atoms with Crippen LogP contribution >= 0.6 is 0 Å². The van der Waals surface area contributed by atoms with Crippen LogP contribution in [0.1, 0.15) is 57.1 Å². The van der Waals surface area contributed by atoms with Crippen LogP contribution in [0.25, 0.3) is 0 Å². The van der Waals surface area contributed by atoms with Crippen molar-refractivity contribution in [1.82, 2.24) is 10.3 Å². The Morgan fingerprint density at radius 3 is 2.59 bits per heavy atom. The minimum Gasteiger partial charge on any atom is -0.310 e. The van der Waals surface area contributed by atoms with Crippen LogP contribution in [0.15, 0.2) is 24.5 Å². The number of hydrogen-bond donors (Lipinski definition) is 1. The summed E-state index contributed by atoms with van der Waals surface area (Å²) in [4.78, 5) is 4.11. The highest BCUT2D eigenvalue weighted by molar-refractivity contribution is 5.15. The number of nitrogens with zero attached hydrogens (tertiary/aromatic N) is 1. The maximum atomic E-state index is 4.11. The molecule has 0 spiro atoms. The van der Waals surface area contributed by atoms with Crippen LogP contribution < -0.4 is 5.32 Å². The van der Waals surface area contributed by atoms with E-state index < -0.39 is 0 Å². The molecule has 2 rings (SSSR count). The van der Waals surface area contributed by atoms with Crippen LogP contribution in [-0.2, 0) is 0 Å². The molecule has 1 heterocycles. The molecule has 1 aromatic heterocycles. The summed E-state index contributed by atoms with van der Waals surface area (Å²) in [6.45, 7) is 3.23. The van der Waals surface area contributed by atoms with Crippen LogP contribution in [0.5, 0.6) is 0 Å². The van der Waals surface area contributed by atoms with Crippen molar-refractivity contribution >= 4 is 0 Å². The van der Waals surface area contributed by atoms with E-state index in [1.165, 1.54) is 44.1 Å². The molecule has 0 aliphatic heterocycles. The fraction of sp³-hybridized carbons (Fsp3) is 0.667. The molecule has 0 aromatic carbocycles. The topological polar surface area (TPSA) is 24.9 Å². The van der Waals surface area contributed by atoms with Gasteiger partial charge >= 0.3 is 0 Å². The molecule has 1 unspecified atom stereocenters. The zero-order chi connectivity index (χ0) is 11.9. The van der Waals surface area contributed by atoms with Crippen molar-refractivity contribution in [2.24, 2.45) is 5.92 Å². The molecule has 0 amide bonds. The Morgan fingerprint density at radius 2 is 1.94 bits per heavy atom. The van der Waals surface area contributed by atoms with Gasteiger partial charge in [0, 0.05) is 18.4 Å². The number of aromatic nitrogens is 1. The first-order valence-electron chi connectivity index (χ1n) is 7.03. The fourth-order valence-corrected chi connectivity index (χ4v) is 2.94. The molecule has 0 radical (unpaired) electrons. The Labute approximate surface area is 105 Å². The van der Waals surface area contributed by atoms with Gasteiger partial charge in [-0.2, -0.15) is 0 Å². The summed E-state index contributed by atoms with van der Waals surface area (Å²) in [7, 11) is 0. The molecule has 1 aromatic rings. The molecule has 1 fully saturated rings. The SMILES string of the molecule is CCNC(CC1CCCCC1)c1ccncc1. The second-order valence-corrected chi connectivity index (χ2v) is 5.13. The van der Waals surface area contributed by atoms with Crippen molar-refractivity contribution in [3.05, 3.63) is 30.1 Å². The highest BCUT2D eigenvalue weighted by Crippen LogP contribution is 2.31. The van der Waals surface area contributed by atoms with Crippen molar-refractivity contribution in [1.29, 1.82) is 0 Å². The Kier molecular flexibility index (Phi) is 4.99. The van der Waals surface area contributed by atoms with E-state index >= 15 is 0 Å². The third-order valence-electron chi connectivity index (χ3n) is 3.85. The van der Waals surface area contributed by atoms with E-state index in [0.29, 0.717) is 6.04 Å². The van der Waals surface area contributed by atoms with Crippen LogP contribution in [0, 0.1) is 5.92 Å². The van der Waals surface area contributed by atoms with Crippen LogP contribution in [0.4, 0.5) is 0 Å². The normalized spacial score (nSPS) is 19.1. The molecule has 0 bridgehead atoms. The second kappa shape index (κ2) is 6.75. The summed E-state index contributed by atoms with van der Waals surface area (Å²) in [5.74, 6) is 0.918. The molecule has 0 saturated heterocycles. The first-order chi connectivity index (χ1) is 8.40. The fourth-order valence-electron chi connectivity index (χ4n) is 2.94. The van der Waals surface area contributed by atoms with E-state index in [9.17, 15) is 0 Å². The summed E-state index contributed by atoms with van der Waals surface area (Å²) in [5, 5.41) is 3.62. The largest absolute Gasteiger partial charge is 0.310 e. The van der Waals surface area contributed by atoms with Gasteiger partial charge in [0.05, 0.1) is 0 Å². The third kappa shape index (κ3) is 3.81. The molecular weight excluding hydrogens is 208 g/mol.